The SMILES string of the molecule is CC(=O)[O-].O=C1CCC(N2C(=O)c3ccc(F)cc3C2=O)C(=O)N1.[Na+]. The molecule has 3 rings (SSSR count). The molecule has 1 N–H and O–H groups in total. The molecule has 4 amide bonds. The number of piperidine rings is 1. The normalized spacial score (nSPS) is 18.6. The molecule has 1 aromatic rings. The third-order valence-electron chi connectivity index (χ3n) is 3.40. The van der Waals surface area contributed by atoms with Gasteiger partial charge in [-0.3, -0.25) is 29.4 Å². The van der Waals surface area contributed by atoms with Gasteiger partial charge in [0.2, 0.25) is 11.8 Å². The van der Waals surface area contributed by atoms with Gasteiger partial charge in [0, 0.05) is 12.4 Å². The molecule has 10 heteroatoms. The van der Waals surface area contributed by atoms with Crippen LogP contribution in [0.15, 0.2) is 18.2 Å². The first-order valence-electron chi connectivity index (χ1n) is 6.91. The number of hydrogen-bond donors (Lipinski definition) is 1. The standard InChI is InChI=1S/C13H9FN2O4.C2H4O2.Na/c14-6-1-2-7-8(5-6)13(20)16(12(7)19)9-3-4-10(17)15-11(9)18;1-2(3)4;/h1-2,5,9H,3-4H2,(H,15,17,18);1H3,(H,3,4);/q;;+1/p-1. The summed E-state index contributed by atoms with van der Waals surface area (Å²) in [6.07, 6.45) is 0.136. The Labute approximate surface area is 163 Å². The number of imide groups is 2. The van der Waals surface area contributed by atoms with Gasteiger partial charge < -0.3 is 9.90 Å². The van der Waals surface area contributed by atoms with Crippen molar-refractivity contribution in [2.24, 2.45) is 0 Å². The fourth-order valence-electron chi connectivity index (χ4n) is 2.44. The van der Waals surface area contributed by atoms with Crippen molar-refractivity contribution in [3.05, 3.63) is 35.1 Å². The maximum atomic E-state index is 13.2. The first kappa shape index (κ1) is 20.9. The van der Waals surface area contributed by atoms with Gasteiger partial charge in [0.1, 0.15) is 11.9 Å². The van der Waals surface area contributed by atoms with Crippen molar-refractivity contribution in [3.8, 4) is 0 Å². The summed E-state index contributed by atoms with van der Waals surface area (Å²) in [6, 6.07) is 2.25. The van der Waals surface area contributed by atoms with E-state index in [1.165, 1.54) is 6.07 Å². The number of carbonyl (C=O) groups excluding carboxylic acids is 5. The average molecular weight is 358 g/mol. The van der Waals surface area contributed by atoms with E-state index in [4.69, 9.17) is 9.90 Å². The van der Waals surface area contributed by atoms with E-state index in [0.717, 1.165) is 24.0 Å². The second-order valence-electron chi connectivity index (χ2n) is 5.13. The topological polar surface area (TPSA) is 124 Å². The third-order valence-corrected chi connectivity index (χ3v) is 3.40. The van der Waals surface area contributed by atoms with E-state index >= 15 is 0 Å². The molecule has 0 aromatic heterocycles. The number of carboxylic acid groups (broad SMARTS) is 1. The summed E-state index contributed by atoms with van der Waals surface area (Å²) >= 11 is 0. The van der Waals surface area contributed by atoms with Crippen molar-refractivity contribution < 1.29 is 63.0 Å². The zero-order chi connectivity index (χ0) is 18.0. The molecule has 1 saturated heterocycles. The monoisotopic (exact) mass is 358 g/mol. The molecule has 1 aromatic carbocycles. The summed E-state index contributed by atoms with van der Waals surface area (Å²) in [6.45, 7) is 0.972. The molecule has 8 nitrogen and oxygen atoms in total. The number of rotatable bonds is 1. The molecular weight excluding hydrogens is 346 g/mol. The molecule has 0 saturated carbocycles. The number of carboxylic acids is 1. The third kappa shape index (κ3) is 4.50. The molecule has 0 bridgehead atoms. The van der Waals surface area contributed by atoms with E-state index in [9.17, 15) is 23.6 Å². The van der Waals surface area contributed by atoms with Crippen LogP contribution in [0.2, 0.25) is 0 Å². The number of nitrogens with one attached hydrogen (secondary N) is 1. The molecule has 25 heavy (non-hydrogen) atoms. The summed E-state index contributed by atoms with van der Waals surface area (Å²) in [5.74, 6) is -4.18. The van der Waals surface area contributed by atoms with Gasteiger partial charge in [0.05, 0.1) is 11.1 Å². The first-order valence-corrected chi connectivity index (χ1v) is 6.91. The van der Waals surface area contributed by atoms with Crippen LogP contribution in [0, 0.1) is 5.82 Å². The van der Waals surface area contributed by atoms with Gasteiger partial charge in [-0.25, -0.2) is 4.39 Å². The van der Waals surface area contributed by atoms with Crippen LogP contribution >= 0.6 is 0 Å². The maximum Gasteiger partial charge on any atom is 1.00 e. The maximum absolute atomic E-state index is 13.2. The summed E-state index contributed by atoms with van der Waals surface area (Å²) in [4.78, 5) is 56.8. The van der Waals surface area contributed by atoms with Crippen LogP contribution in [0.4, 0.5) is 4.39 Å². The van der Waals surface area contributed by atoms with Crippen molar-refractivity contribution in [2.75, 3.05) is 0 Å². The summed E-state index contributed by atoms with van der Waals surface area (Å²) in [7, 11) is 0. The van der Waals surface area contributed by atoms with E-state index in [2.05, 4.69) is 5.32 Å². The Morgan fingerprint density at radius 1 is 1.20 bits per heavy atom. The molecule has 1 atom stereocenters. The molecule has 0 spiro atoms. The van der Waals surface area contributed by atoms with Gasteiger partial charge in [-0.05, 0) is 31.5 Å². The van der Waals surface area contributed by atoms with Crippen LogP contribution in [0.25, 0.3) is 0 Å². The number of nitrogens with zero attached hydrogens (tertiary/aromatic N) is 1. The van der Waals surface area contributed by atoms with E-state index in [1.807, 2.05) is 0 Å². The van der Waals surface area contributed by atoms with Crippen LogP contribution in [0.3, 0.4) is 0 Å². The van der Waals surface area contributed by atoms with Crippen molar-refractivity contribution in [2.45, 2.75) is 25.8 Å². The molecular formula is C15H12FN2NaO6. The Kier molecular flexibility index (Phi) is 6.97. The van der Waals surface area contributed by atoms with Gasteiger partial charge in [-0.2, -0.15) is 0 Å². The number of aliphatic carboxylic acids is 1. The second kappa shape index (κ2) is 8.32. The Morgan fingerprint density at radius 3 is 2.32 bits per heavy atom. The van der Waals surface area contributed by atoms with Gasteiger partial charge in [-0.1, -0.05) is 0 Å². The van der Waals surface area contributed by atoms with Gasteiger partial charge in [0.25, 0.3) is 11.8 Å². The summed E-state index contributed by atoms with van der Waals surface area (Å²) < 4.78 is 13.2. The Hall–Kier alpha value is -2.10. The Morgan fingerprint density at radius 2 is 1.76 bits per heavy atom. The van der Waals surface area contributed by atoms with E-state index < -0.39 is 41.5 Å². The quantitative estimate of drug-likeness (QED) is 0.403. The molecule has 2 heterocycles. The Bertz CT molecular complexity index is 762. The predicted molar refractivity (Wildman–Crippen MR) is 73.8 cm³/mol. The zero-order valence-electron chi connectivity index (χ0n) is 13.5. The fourth-order valence-corrected chi connectivity index (χ4v) is 2.44. The number of carbonyl (C=O) groups is 5. The number of hydrogen-bond acceptors (Lipinski definition) is 6. The number of halogens is 1. The minimum absolute atomic E-state index is 0. The molecule has 2 aliphatic heterocycles. The minimum Gasteiger partial charge on any atom is -0.550 e. The Balaban J connectivity index is 0.000000568. The van der Waals surface area contributed by atoms with Crippen molar-refractivity contribution in [1.82, 2.24) is 10.2 Å². The van der Waals surface area contributed by atoms with Crippen molar-refractivity contribution in [1.29, 1.82) is 0 Å². The second-order valence-corrected chi connectivity index (χ2v) is 5.13. The molecule has 0 aliphatic carbocycles. The largest absolute Gasteiger partial charge is 1.00 e. The van der Waals surface area contributed by atoms with Gasteiger partial charge in [0.15, 0.2) is 0 Å². The summed E-state index contributed by atoms with van der Waals surface area (Å²) in [5.41, 5.74) is 0.0146. The van der Waals surface area contributed by atoms with Gasteiger partial charge >= 0.3 is 29.6 Å². The van der Waals surface area contributed by atoms with Crippen LogP contribution in [0.5, 0.6) is 0 Å². The van der Waals surface area contributed by atoms with Crippen molar-refractivity contribution >= 4 is 29.6 Å². The minimum atomic E-state index is -1.08. The molecule has 1 unspecified atom stereocenters. The van der Waals surface area contributed by atoms with E-state index in [-0.39, 0.29) is 53.5 Å². The van der Waals surface area contributed by atoms with Crippen LogP contribution in [-0.4, -0.2) is 40.5 Å². The molecule has 1 fully saturated rings. The first-order chi connectivity index (χ1) is 11.2. The molecule has 2 aliphatic rings. The van der Waals surface area contributed by atoms with Crippen molar-refractivity contribution in [3.63, 3.8) is 0 Å². The van der Waals surface area contributed by atoms with Gasteiger partial charge in [-0.15, -0.1) is 0 Å². The molecule has 0 radical (unpaired) electrons. The smallest absolute Gasteiger partial charge is 0.550 e. The van der Waals surface area contributed by atoms with Crippen LogP contribution in [-0.2, 0) is 14.4 Å². The fraction of sp³-hybridized carbons (Fsp3) is 0.267. The number of fused-ring (bicyclic) bond motifs is 1. The van der Waals surface area contributed by atoms with Crippen LogP contribution in [0.1, 0.15) is 40.5 Å². The number of benzene rings is 1. The predicted octanol–water partition coefficient (Wildman–Crippen LogP) is -4.01. The van der Waals surface area contributed by atoms with E-state index in [0.29, 0.717) is 0 Å². The van der Waals surface area contributed by atoms with Crippen LogP contribution < -0.4 is 40.0 Å². The average Bonchev–Trinajstić information content (AvgIpc) is 2.71. The molecule has 126 valence electrons. The summed E-state index contributed by atoms with van der Waals surface area (Å²) in [5, 5.41) is 11.0. The number of amides is 4. The zero-order valence-corrected chi connectivity index (χ0v) is 15.5. The van der Waals surface area contributed by atoms with E-state index in [1.54, 1.807) is 0 Å².